The summed E-state index contributed by atoms with van der Waals surface area (Å²) in [5, 5.41) is 10.3. The summed E-state index contributed by atoms with van der Waals surface area (Å²) in [7, 11) is 3.10. The normalized spacial score (nSPS) is 10.8. The number of para-hydroxylation sites is 1. The molecule has 11 heteroatoms. The minimum atomic E-state index is -0.705. The molecule has 35 heavy (non-hydrogen) atoms. The van der Waals surface area contributed by atoms with E-state index < -0.39 is 5.97 Å². The summed E-state index contributed by atoms with van der Waals surface area (Å²) in [6, 6.07) is 18.5. The third-order valence-corrected chi connectivity index (χ3v) is 5.83. The number of thiophene rings is 1. The summed E-state index contributed by atoms with van der Waals surface area (Å²) in [6.45, 7) is -0.229. The molecule has 0 saturated heterocycles. The van der Waals surface area contributed by atoms with Gasteiger partial charge in [0, 0.05) is 5.56 Å². The van der Waals surface area contributed by atoms with E-state index in [1.54, 1.807) is 37.1 Å². The number of ether oxygens (including phenoxy) is 3. The molecule has 3 heterocycles. The van der Waals surface area contributed by atoms with E-state index in [4.69, 9.17) is 18.7 Å². The third-order valence-electron chi connectivity index (χ3n) is 4.97. The molecule has 0 saturated carbocycles. The molecular formula is C24H19N5O5S. The summed E-state index contributed by atoms with van der Waals surface area (Å²) >= 11 is 1.50. The molecule has 10 nitrogen and oxygen atoms in total. The van der Waals surface area contributed by atoms with Gasteiger partial charge in [-0.3, -0.25) is 0 Å². The van der Waals surface area contributed by atoms with E-state index in [1.807, 2.05) is 47.8 Å². The molecule has 2 aromatic carbocycles. The van der Waals surface area contributed by atoms with Crippen molar-refractivity contribution >= 4 is 17.3 Å². The summed E-state index contributed by atoms with van der Waals surface area (Å²) in [5.74, 6) is 1.34. The number of aromatic nitrogens is 5. The Morgan fingerprint density at radius 2 is 1.83 bits per heavy atom. The first-order chi connectivity index (χ1) is 17.2. The van der Waals surface area contributed by atoms with Crippen molar-refractivity contribution in [3.63, 3.8) is 0 Å². The Morgan fingerprint density at radius 3 is 2.57 bits per heavy atom. The number of carbonyl (C=O) groups is 1. The Kier molecular flexibility index (Phi) is 6.22. The Balaban J connectivity index is 1.33. The van der Waals surface area contributed by atoms with Crippen LogP contribution in [0.15, 0.2) is 70.6 Å². The first-order valence-electron chi connectivity index (χ1n) is 10.4. The quantitative estimate of drug-likeness (QED) is 0.292. The van der Waals surface area contributed by atoms with E-state index in [9.17, 15) is 4.79 Å². The zero-order valence-corrected chi connectivity index (χ0v) is 19.6. The van der Waals surface area contributed by atoms with Crippen molar-refractivity contribution in [3.05, 3.63) is 77.8 Å². The summed E-state index contributed by atoms with van der Waals surface area (Å²) in [4.78, 5) is 22.3. The Hall–Kier alpha value is -4.51. The first kappa shape index (κ1) is 22.3. The highest BCUT2D eigenvalue weighted by atomic mass is 32.1. The number of methoxy groups -OCH3 is 2. The summed E-state index contributed by atoms with van der Waals surface area (Å²) < 4.78 is 22.8. The lowest BCUT2D eigenvalue weighted by molar-refractivity contribution is 0.0415. The molecular weight excluding hydrogens is 470 g/mol. The van der Waals surface area contributed by atoms with Crippen LogP contribution in [0.1, 0.15) is 16.5 Å². The van der Waals surface area contributed by atoms with Gasteiger partial charge in [-0.15, -0.1) is 16.4 Å². The van der Waals surface area contributed by atoms with Gasteiger partial charge in [0.05, 0.1) is 24.8 Å². The molecule has 0 spiro atoms. The molecule has 0 unspecified atom stereocenters. The molecule has 0 atom stereocenters. The maximum absolute atomic E-state index is 12.7. The molecule has 0 radical (unpaired) electrons. The molecule has 176 valence electrons. The molecule has 3 aromatic heterocycles. The minimum Gasteiger partial charge on any atom is -0.493 e. The lowest BCUT2D eigenvalue weighted by Gasteiger charge is -2.07. The van der Waals surface area contributed by atoms with Crippen molar-refractivity contribution in [2.24, 2.45) is 0 Å². The molecule has 0 amide bonds. The number of benzene rings is 2. The molecule has 5 aromatic rings. The van der Waals surface area contributed by atoms with Gasteiger partial charge in [-0.1, -0.05) is 29.4 Å². The standard InChI is InChI=1S/C24H19N5O5S/c1-31-17-11-10-15(13-18(17)32-2)21-25-20(34-28-21)14-33-24(30)22-26-23(19-9-6-12-35-19)29(27-22)16-7-4-3-5-8-16/h3-13H,14H2,1-2H3. The van der Waals surface area contributed by atoms with E-state index in [1.165, 1.54) is 11.3 Å². The van der Waals surface area contributed by atoms with E-state index in [-0.39, 0.29) is 18.3 Å². The predicted molar refractivity (Wildman–Crippen MR) is 127 cm³/mol. The van der Waals surface area contributed by atoms with Gasteiger partial charge >= 0.3 is 5.97 Å². The van der Waals surface area contributed by atoms with Crippen molar-refractivity contribution < 1.29 is 23.5 Å². The Bertz CT molecular complexity index is 1450. The van der Waals surface area contributed by atoms with Crippen LogP contribution in [0.4, 0.5) is 0 Å². The van der Waals surface area contributed by atoms with Gasteiger partial charge in [0.25, 0.3) is 11.7 Å². The number of rotatable bonds is 8. The maximum atomic E-state index is 12.7. The van der Waals surface area contributed by atoms with Gasteiger partial charge in [0.2, 0.25) is 5.82 Å². The number of hydrogen-bond donors (Lipinski definition) is 0. The smallest absolute Gasteiger partial charge is 0.378 e. The zero-order valence-electron chi connectivity index (χ0n) is 18.7. The van der Waals surface area contributed by atoms with Crippen LogP contribution in [0.3, 0.4) is 0 Å². The number of hydrogen-bond acceptors (Lipinski definition) is 10. The number of carbonyl (C=O) groups excluding carboxylic acids is 1. The van der Waals surface area contributed by atoms with Crippen LogP contribution in [-0.2, 0) is 11.3 Å². The largest absolute Gasteiger partial charge is 0.493 e. The van der Waals surface area contributed by atoms with Gasteiger partial charge in [-0.05, 0) is 41.8 Å². The SMILES string of the molecule is COc1ccc(-c2noc(COC(=O)c3nc(-c4cccs4)n(-c4ccccc4)n3)n2)cc1OC. The van der Waals surface area contributed by atoms with Crippen molar-refractivity contribution in [2.45, 2.75) is 6.61 Å². The van der Waals surface area contributed by atoms with Crippen LogP contribution < -0.4 is 9.47 Å². The molecule has 0 aliphatic rings. The average molecular weight is 490 g/mol. The van der Waals surface area contributed by atoms with Crippen LogP contribution in [0.25, 0.3) is 27.8 Å². The third kappa shape index (κ3) is 4.62. The Morgan fingerprint density at radius 1 is 1.00 bits per heavy atom. The topological polar surface area (TPSA) is 114 Å². The second-order valence-electron chi connectivity index (χ2n) is 7.14. The highest BCUT2D eigenvalue weighted by Gasteiger charge is 2.21. The highest BCUT2D eigenvalue weighted by molar-refractivity contribution is 7.13. The minimum absolute atomic E-state index is 0.0723. The van der Waals surface area contributed by atoms with Gasteiger partial charge in [0.1, 0.15) is 0 Å². The molecule has 0 fully saturated rings. The maximum Gasteiger partial charge on any atom is 0.378 e. The fraction of sp³-hybridized carbons (Fsp3) is 0.125. The van der Waals surface area contributed by atoms with Gasteiger partial charge in [-0.25, -0.2) is 9.48 Å². The second-order valence-corrected chi connectivity index (χ2v) is 8.09. The van der Waals surface area contributed by atoms with Crippen molar-refractivity contribution in [3.8, 4) is 39.3 Å². The number of nitrogens with zero attached hydrogens (tertiary/aromatic N) is 5. The lowest BCUT2D eigenvalue weighted by Crippen LogP contribution is -2.08. The molecule has 0 aliphatic heterocycles. The van der Waals surface area contributed by atoms with Crippen molar-refractivity contribution in [2.75, 3.05) is 14.2 Å². The zero-order chi connectivity index (χ0) is 24.2. The summed E-state index contributed by atoms with van der Waals surface area (Å²) in [6.07, 6.45) is 0. The van der Waals surface area contributed by atoms with E-state index in [0.717, 1.165) is 10.6 Å². The molecule has 5 rings (SSSR count). The fourth-order valence-electron chi connectivity index (χ4n) is 3.31. The van der Waals surface area contributed by atoms with Crippen LogP contribution in [0.5, 0.6) is 11.5 Å². The lowest BCUT2D eigenvalue weighted by atomic mass is 10.2. The Labute approximate surface area is 203 Å². The van der Waals surface area contributed by atoms with E-state index >= 15 is 0 Å². The van der Waals surface area contributed by atoms with Gasteiger partial charge < -0.3 is 18.7 Å². The highest BCUT2D eigenvalue weighted by Crippen LogP contribution is 2.31. The summed E-state index contributed by atoms with van der Waals surface area (Å²) in [5.41, 5.74) is 1.44. The molecule has 0 aliphatic carbocycles. The van der Waals surface area contributed by atoms with Gasteiger partial charge in [0.15, 0.2) is 23.9 Å². The van der Waals surface area contributed by atoms with Crippen molar-refractivity contribution in [1.82, 2.24) is 24.9 Å². The molecule has 0 bridgehead atoms. The van der Waals surface area contributed by atoms with Crippen LogP contribution in [0, 0.1) is 0 Å². The first-order valence-corrected chi connectivity index (χ1v) is 11.3. The molecule has 0 N–H and O–H groups in total. The van der Waals surface area contributed by atoms with Crippen LogP contribution in [-0.4, -0.2) is 45.1 Å². The van der Waals surface area contributed by atoms with Crippen molar-refractivity contribution in [1.29, 1.82) is 0 Å². The second kappa shape index (κ2) is 9.77. The predicted octanol–water partition coefficient (Wildman–Crippen LogP) is 4.42. The average Bonchev–Trinajstić information content (AvgIpc) is 3.68. The fourth-order valence-corrected chi connectivity index (χ4v) is 4.01. The van der Waals surface area contributed by atoms with Gasteiger partial charge in [-0.2, -0.15) is 9.97 Å². The monoisotopic (exact) mass is 489 g/mol. The number of esters is 1. The van der Waals surface area contributed by atoms with E-state index in [2.05, 4.69) is 20.2 Å². The van der Waals surface area contributed by atoms with E-state index in [0.29, 0.717) is 28.7 Å². The van der Waals surface area contributed by atoms with Crippen LogP contribution >= 0.6 is 11.3 Å². The van der Waals surface area contributed by atoms with Crippen LogP contribution in [0.2, 0.25) is 0 Å².